The summed E-state index contributed by atoms with van der Waals surface area (Å²) in [5.41, 5.74) is -5.39. The molecule has 0 aromatic heterocycles. The van der Waals surface area contributed by atoms with E-state index in [-0.39, 0.29) is 6.61 Å². The molecular weight excluding hydrogens is 506 g/mol. The molecule has 1 aliphatic rings. The molecule has 1 rings (SSSR count). The molecule has 1 fully saturated rings. The normalized spacial score (nSPS) is 25.4. The van der Waals surface area contributed by atoms with E-state index >= 15 is 0 Å². The molecule has 1 saturated carbocycles. The monoisotopic (exact) mass is 528 g/mol. The lowest BCUT2D eigenvalue weighted by molar-refractivity contribution is -0.303. The highest BCUT2D eigenvalue weighted by molar-refractivity contribution is 14.1. The summed E-state index contributed by atoms with van der Waals surface area (Å²) in [4.78, 5) is 0. The Labute approximate surface area is 165 Å². The molecule has 162 valence electrons. The zero-order valence-electron chi connectivity index (χ0n) is 14.6. The molecule has 0 N–H and O–H groups in total. The van der Waals surface area contributed by atoms with Crippen LogP contribution in [0.4, 0.5) is 39.5 Å². The van der Waals surface area contributed by atoms with E-state index in [0.717, 1.165) is 32.1 Å². The first-order valence-electron chi connectivity index (χ1n) is 8.62. The van der Waals surface area contributed by atoms with Crippen LogP contribution >= 0.6 is 22.6 Å². The van der Waals surface area contributed by atoms with Crippen LogP contribution in [0.5, 0.6) is 0 Å². The summed E-state index contributed by atoms with van der Waals surface area (Å²) >= 11 is 1.26. The summed E-state index contributed by atoms with van der Waals surface area (Å²) in [7, 11) is 0. The standard InChI is InChI=1S/C16H22F9IO/c1-2-3-4-5-6-7-8-27-10-11(26)9-12(17)13(18,19)15(22,23)16(24,25)14(12,20)21/h11H,2-10H2,1H3. The molecule has 27 heavy (non-hydrogen) atoms. The van der Waals surface area contributed by atoms with Gasteiger partial charge in [-0.25, -0.2) is 4.39 Å². The Morgan fingerprint density at radius 2 is 1.15 bits per heavy atom. The molecular formula is C16H22F9IO. The van der Waals surface area contributed by atoms with Crippen LogP contribution in [-0.4, -0.2) is 46.5 Å². The third kappa shape index (κ3) is 4.18. The highest BCUT2D eigenvalue weighted by atomic mass is 127. The molecule has 0 aromatic carbocycles. The lowest BCUT2D eigenvalue weighted by atomic mass is 9.91. The minimum Gasteiger partial charge on any atom is -0.380 e. The Balaban J connectivity index is 2.63. The number of unbranched alkanes of at least 4 members (excludes halogenated alkanes) is 5. The van der Waals surface area contributed by atoms with Crippen LogP contribution in [0.15, 0.2) is 0 Å². The lowest BCUT2D eigenvalue weighted by Gasteiger charge is -2.32. The van der Waals surface area contributed by atoms with Crippen LogP contribution in [0.3, 0.4) is 0 Å². The predicted molar refractivity (Wildman–Crippen MR) is 90.2 cm³/mol. The zero-order valence-corrected chi connectivity index (χ0v) is 16.8. The molecule has 0 aliphatic heterocycles. The van der Waals surface area contributed by atoms with E-state index in [1.807, 2.05) is 6.92 Å². The number of halogens is 10. The van der Waals surface area contributed by atoms with Gasteiger partial charge in [-0.05, 0) is 6.42 Å². The Hall–Kier alpha value is 0.0600. The van der Waals surface area contributed by atoms with E-state index in [2.05, 4.69) is 0 Å². The SMILES string of the molecule is CCCCCCCCOCC(I)CC1(F)C(F)(F)C(F)(F)C(F)(F)C1(F)F. The first-order valence-corrected chi connectivity index (χ1v) is 9.87. The topological polar surface area (TPSA) is 9.23 Å². The quantitative estimate of drug-likeness (QED) is 0.124. The summed E-state index contributed by atoms with van der Waals surface area (Å²) in [5.74, 6) is -25.5. The minimum absolute atomic E-state index is 0.143. The molecule has 0 spiro atoms. The molecule has 1 unspecified atom stereocenters. The van der Waals surface area contributed by atoms with Gasteiger partial charge in [0.05, 0.1) is 6.61 Å². The zero-order chi connectivity index (χ0) is 21.1. The van der Waals surface area contributed by atoms with Gasteiger partial charge in [-0.3, -0.25) is 0 Å². The van der Waals surface area contributed by atoms with Gasteiger partial charge in [-0.1, -0.05) is 61.6 Å². The van der Waals surface area contributed by atoms with Gasteiger partial charge >= 0.3 is 23.7 Å². The largest absolute Gasteiger partial charge is 0.381 e. The summed E-state index contributed by atoms with van der Waals surface area (Å²) in [6, 6.07) is 0. The molecule has 0 radical (unpaired) electrons. The highest BCUT2D eigenvalue weighted by Gasteiger charge is 3.00. The Morgan fingerprint density at radius 3 is 1.63 bits per heavy atom. The van der Waals surface area contributed by atoms with Crippen molar-refractivity contribution >= 4 is 22.6 Å². The first-order chi connectivity index (χ1) is 12.2. The van der Waals surface area contributed by atoms with Crippen LogP contribution in [0.1, 0.15) is 51.9 Å². The fraction of sp³-hybridized carbons (Fsp3) is 1.00. The maximum Gasteiger partial charge on any atom is 0.381 e. The number of alkyl halides is 10. The summed E-state index contributed by atoms with van der Waals surface area (Å²) < 4.78 is 125. The van der Waals surface area contributed by atoms with Crippen molar-refractivity contribution in [2.24, 2.45) is 0 Å². The van der Waals surface area contributed by atoms with Crippen molar-refractivity contribution in [1.29, 1.82) is 0 Å². The van der Waals surface area contributed by atoms with Crippen LogP contribution in [-0.2, 0) is 4.74 Å². The van der Waals surface area contributed by atoms with Gasteiger partial charge in [-0.2, -0.15) is 35.1 Å². The van der Waals surface area contributed by atoms with E-state index in [1.54, 1.807) is 0 Å². The van der Waals surface area contributed by atoms with E-state index in [4.69, 9.17) is 4.74 Å². The Morgan fingerprint density at radius 1 is 0.704 bits per heavy atom. The molecule has 0 amide bonds. The van der Waals surface area contributed by atoms with E-state index in [1.165, 1.54) is 22.6 Å². The Bertz CT molecular complexity index is 459. The molecule has 1 aliphatic carbocycles. The van der Waals surface area contributed by atoms with Gasteiger partial charge in [0.25, 0.3) is 5.67 Å². The number of ether oxygens (including phenoxy) is 1. The highest BCUT2D eigenvalue weighted by Crippen LogP contribution is 2.70. The first kappa shape index (κ1) is 25.1. The minimum atomic E-state index is -6.51. The van der Waals surface area contributed by atoms with E-state index in [9.17, 15) is 39.5 Å². The summed E-state index contributed by atoms with van der Waals surface area (Å²) in [6.07, 6.45) is 3.63. The molecule has 1 atom stereocenters. The van der Waals surface area contributed by atoms with Gasteiger partial charge in [0, 0.05) is 17.0 Å². The fourth-order valence-corrected chi connectivity index (χ4v) is 3.77. The van der Waals surface area contributed by atoms with Gasteiger partial charge in [-0.15, -0.1) is 0 Å². The number of hydrogen-bond donors (Lipinski definition) is 0. The molecule has 0 aromatic rings. The lowest BCUT2D eigenvalue weighted by Crippen LogP contribution is -2.56. The Kier molecular flexibility index (Phi) is 8.20. The van der Waals surface area contributed by atoms with Crippen molar-refractivity contribution in [3.63, 3.8) is 0 Å². The van der Waals surface area contributed by atoms with Crippen molar-refractivity contribution < 1.29 is 44.3 Å². The predicted octanol–water partition coefficient (Wildman–Crippen LogP) is 6.82. The van der Waals surface area contributed by atoms with Gasteiger partial charge in [0.2, 0.25) is 0 Å². The summed E-state index contributed by atoms with van der Waals surface area (Å²) in [5, 5.41) is 0. The maximum absolute atomic E-state index is 14.3. The van der Waals surface area contributed by atoms with Crippen LogP contribution < -0.4 is 0 Å². The van der Waals surface area contributed by atoms with Crippen molar-refractivity contribution in [2.45, 2.75) is 85.2 Å². The molecule has 0 heterocycles. The number of hydrogen-bond acceptors (Lipinski definition) is 1. The van der Waals surface area contributed by atoms with Crippen molar-refractivity contribution in [3.8, 4) is 0 Å². The summed E-state index contributed by atoms with van der Waals surface area (Å²) in [6.45, 7) is 1.69. The van der Waals surface area contributed by atoms with Gasteiger partial charge in [0.15, 0.2) is 0 Å². The molecule has 11 heteroatoms. The smallest absolute Gasteiger partial charge is 0.380 e. The third-order valence-corrected chi connectivity index (χ3v) is 5.42. The van der Waals surface area contributed by atoms with Gasteiger partial charge in [0.1, 0.15) is 0 Å². The average molecular weight is 528 g/mol. The average Bonchev–Trinajstić information content (AvgIpc) is 2.60. The molecule has 0 bridgehead atoms. The maximum atomic E-state index is 14.3. The van der Waals surface area contributed by atoms with Crippen LogP contribution in [0.25, 0.3) is 0 Å². The van der Waals surface area contributed by atoms with Crippen molar-refractivity contribution in [1.82, 2.24) is 0 Å². The van der Waals surface area contributed by atoms with E-state index in [0.29, 0.717) is 6.42 Å². The second kappa shape index (κ2) is 8.83. The van der Waals surface area contributed by atoms with Crippen LogP contribution in [0.2, 0.25) is 0 Å². The second-order valence-corrected chi connectivity index (χ2v) is 8.50. The second-order valence-electron chi connectivity index (χ2n) is 6.74. The molecule has 1 nitrogen and oxygen atoms in total. The van der Waals surface area contributed by atoms with Gasteiger partial charge < -0.3 is 4.74 Å². The van der Waals surface area contributed by atoms with Crippen molar-refractivity contribution in [3.05, 3.63) is 0 Å². The fourth-order valence-electron chi connectivity index (χ4n) is 2.91. The van der Waals surface area contributed by atoms with E-state index < -0.39 is 46.3 Å². The third-order valence-electron chi connectivity index (χ3n) is 4.62. The van der Waals surface area contributed by atoms with Crippen LogP contribution in [0, 0.1) is 0 Å². The molecule has 0 saturated heterocycles. The number of rotatable bonds is 11. The van der Waals surface area contributed by atoms with Crippen molar-refractivity contribution in [2.75, 3.05) is 13.2 Å².